The highest BCUT2D eigenvalue weighted by molar-refractivity contribution is 5.73. The Hall–Kier alpha value is -0.850. The van der Waals surface area contributed by atoms with Crippen LogP contribution in [0.15, 0.2) is 23.3 Å². The minimum Gasteiger partial charge on any atom is -0.298 e. The average Bonchev–Trinajstić information content (AvgIpc) is 2.76. The molecule has 0 saturated heterocycles. The van der Waals surface area contributed by atoms with Crippen LogP contribution in [0.25, 0.3) is 0 Å². The molecule has 0 aliphatic heterocycles. The molecule has 0 bridgehead atoms. The van der Waals surface area contributed by atoms with Crippen LogP contribution in [0.4, 0.5) is 0 Å². The lowest BCUT2D eigenvalue weighted by Crippen LogP contribution is -1.91. The van der Waals surface area contributed by atoms with E-state index in [9.17, 15) is 4.79 Å². The zero-order chi connectivity index (χ0) is 11.8. The molecule has 0 aromatic heterocycles. The molecule has 0 amide bonds. The molecule has 1 saturated carbocycles. The Balaban J connectivity index is 2.18. The van der Waals surface area contributed by atoms with Crippen molar-refractivity contribution >= 4 is 6.29 Å². The van der Waals surface area contributed by atoms with E-state index < -0.39 is 0 Å². The molecular weight excluding hydrogens is 196 g/mol. The van der Waals surface area contributed by atoms with Crippen molar-refractivity contribution in [1.29, 1.82) is 0 Å². The van der Waals surface area contributed by atoms with E-state index in [4.69, 9.17) is 0 Å². The molecule has 0 radical (unpaired) electrons. The van der Waals surface area contributed by atoms with E-state index in [0.717, 1.165) is 30.6 Å². The normalized spacial score (nSPS) is 39.7. The summed E-state index contributed by atoms with van der Waals surface area (Å²) in [7, 11) is 0. The molecule has 2 aliphatic carbocycles. The predicted octanol–water partition coefficient (Wildman–Crippen LogP) is 3.90. The number of hydrogen-bond acceptors (Lipinski definition) is 1. The second-order valence-electron chi connectivity index (χ2n) is 5.94. The van der Waals surface area contributed by atoms with Crippen LogP contribution in [-0.2, 0) is 4.79 Å². The lowest BCUT2D eigenvalue weighted by Gasteiger charge is -2.04. The van der Waals surface area contributed by atoms with E-state index in [1.807, 2.05) is 0 Å². The Morgan fingerprint density at radius 2 is 2.12 bits per heavy atom. The number of aldehydes is 1. The first kappa shape index (κ1) is 11.6. The van der Waals surface area contributed by atoms with Gasteiger partial charge in [-0.1, -0.05) is 31.6 Å². The highest BCUT2D eigenvalue weighted by Crippen LogP contribution is 2.61. The van der Waals surface area contributed by atoms with Gasteiger partial charge in [-0.25, -0.2) is 0 Å². The Bertz CT molecular complexity index is 346. The van der Waals surface area contributed by atoms with Crippen LogP contribution in [-0.4, -0.2) is 6.29 Å². The van der Waals surface area contributed by atoms with Crippen LogP contribution in [0.3, 0.4) is 0 Å². The highest BCUT2D eigenvalue weighted by atomic mass is 16.1. The molecule has 0 heterocycles. The highest BCUT2D eigenvalue weighted by Gasteiger charge is 2.55. The summed E-state index contributed by atoms with van der Waals surface area (Å²) < 4.78 is 0. The summed E-state index contributed by atoms with van der Waals surface area (Å²) in [4.78, 5) is 11.0. The van der Waals surface area contributed by atoms with Crippen molar-refractivity contribution in [3.05, 3.63) is 23.3 Å². The van der Waals surface area contributed by atoms with Gasteiger partial charge in [-0.05, 0) is 55.4 Å². The largest absolute Gasteiger partial charge is 0.298 e. The van der Waals surface area contributed by atoms with Crippen LogP contribution in [0.5, 0.6) is 0 Å². The van der Waals surface area contributed by atoms with Gasteiger partial charge in [0, 0.05) is 0 Å². The van der Waals surface area contributed by atoms with Crippen molar-refractivity contribution in [3.8, 4) is 0 Å². The average molecular weight is 218 g/mol. The third-order valence-corrected chi connectivity index (χ3v) is 4.46. The van der Waals surface area contributed by atoms with Gasteiger partial charge in [0.15, 0.2) is 0 Å². The van der Waals surface area contributed by atoms with E-state index in [0.29, 0.717) is 11.3 Å². The van der Waals surface area contributed by atoms with Crippen LogP contribution in [0.1, 0.15) is 46.5 Å². The second-order valence-corrected chi connectivity index (χ2v) is 5.94. The van der Waals surface area contributed by atoms with Crippen LogP contribution >= 0.6 is 0 Å². The summed E-state index contributed by atoms with van der Waals surface area (Å²) in [5.41, 5.74) is 2.92. The molecule has 0 aromatic carbocycles. The molecule has 1 heteroatoms. The van der Waals surface area contributed by atoms with Gasteiger partial charge in [0.05, 0.1) is 0 Å². The standard InChI is InChI=1S/C15H22O/c1-11-5-4-6-12(10-16)9-14-13(8-7-11)15(14,2)3/h5,9-10,13-14H,4,6-8H2,1-3H3/b11-5+,12-9+/t13-,14-/m1/s1. The molecule has 0 N–H and O–H groups in total. The number of allylic oxidation sites excluding steroid dienone is 4. The van der Waals surface area contributed by atoms with Gasteiger partial charge in [-0.15, -0.1) is 0 Å². The molecule has 2 rings (SSSR count). The summed E-state index contributed by atoms with van der Waals surface area (Å²) in [5.74, 6) is 1.42. The first-order valence-electron chi connectivity index (χ1n) is 6.37. The van der Waals surface area contributed by atoms with Crippen LogP contribution in [0, 0.1) is 17.3 Å². The number of carbonyl (C=O) groups excluding carboxylic acids is 1. The predicted molar refractivity (Wildman–Crippen MR) is 67.1 cm³/mol. The Kier molecular flexibility index (Phi) is 3.05. The van der Waals surface area contributed by atoms with E-state index in [1.165, 1.54) is 18.4 Å². The number of rotatable bonds is 1. The molecule has 2 aliphatic rings. The van der Waals surface area contributed by atoms with Crippen molar-refractivity contribution < 1.29 is 4.79 Å². The molecule has 16 heavy (non-hydrogen) atoms. The van der Waals surface area contributed by atoms with Crippen molar-refractivity contribution in [2.45, 2.75) is 46.5 Å². The third kappa shape index (κ3) is 2.14. The third-order valence-electron chi connectivity index (χ3n) is 4.46. The topological polar surface area (TPSA) is 17.1 Å². The van der Waals surface area contributed by atoms with E-state index in [1.54, 1.807) is 0 Å². The first-order valence-corrected chi connectivity index (χ1v) is 6.37. The second kappa shape index (κ2) is 4.20. The van der Waals surface area contributed by atoms with Gasteiger partial charge in [0.25, 0.3) is 0 Å². The molecule has 0 aromatic rings. The SMILES string of the molecule is C/C1=C\CC/C(C=O)=C\[C@@H]2[C@@H](CC1)C2(C)C. The number of carbonyl (C=O) groups is 1. The Labute approximate surface area is 98.6 Å². The quantitative estimate of drug-likeness (QED) is 0.482. The first-order chi connectivity index (χ1) is 7.55. The summed E-state index contributed by atoms with van der Waals surface area (Å²) >= 11 is 0. The lowest BCUT2D eigenvalue weighted by atomic mass is 10.0. The molecular formula is C15H22O. The van der Waals surface area contributed by atoms with Gasteiger partial charge in [0.1, 0.15) is 6.29 Å². The van der Waals surface area contributed by atoms with Crippen LogP contribution in [0.2, 0.25) is 0 Å². The maximum Gasteiger partial charge on any atom is 0.145 e. The Morgan fingerprint density at radius 3 is 2.81 bits per heavy atom. The van der Waals surface area contributed by atoms with Crippen molar-refractivity contribution in [3.63, 3.8) is 0 Å². The van der Waals surface area contributed by atoms with Gasteiger partial charge in [0.2, 0.25) is 0 Å². The molecule has 0 spiro atoms. The van der Waals surface area contributed by atoms with Gasteiger partial charge >= 0.3 is 0 Å². The van der Waals surface area contributed by atoms with Crippen LogP contribution < -0.4 is 0 Å². The minimum atomic E-state index is 0.416. The maximum atomic E-state index is 11.0. The zero-order valence-corrected chi connectivity index (χ0v) is 10.6. The van der Waals surface area contributed by atoms with E-state index in [-0.39, 0.29) is 0 Å². The lowest BCUT2D eigenvalue weighted by molar-refractivity contribution is -0.105. The molecule has 1 nitrogen and oxygen atoms in total. The molecule has 1 fully saturated rings. The number of hydrogen-bond donors (Lipinski definition) is 0. The summed E-state index contributed by atoms with van der Waals surface area (Å²) in [6.07, 6.45) is 10.0. The van der Waals surface area contributed by atoms with E-state index >= 15 is 0 Å². The summed E-state index contributed by atoms with van der Waals surface area (Å²) in [6.45, 7) is 6.88. The number of fused-ring (bicyclic) bond motifs is 1. The zero-order valence-electron chi connectivity index (χ0n) is 10.6. The maximum absolute atomic E-state index is 11.0. The van der Waals surface area contributed by atoms with Crippen molar-refractivity contribution in [2.24, 2.45) is 17.3 Å². The molecule has 88 valence electrons. The van der Waals surface area contributed by atoms with Gasteiger partial charge in [-0.2, -0.15) is 0 Å². The minimum absolute atomic E-state index is 0.416. The van der Waals surface area contributed by atoms with Crippen molar-refractivity contribution in [1.82, 2.24) is 0 Å². The Morgan fingerprint density at radius 1 is 1.38 bits per heavy atom. The fraction of sp³-hybridized carbons (Fsp3) is 0.667. The van der Waals surface area contributed by atoms with Crippen molar-refractivity contribution in [2.75, 3.05) is 0 Å². The van der Waals surface area contributed by atoms with Gasteiger partial charge < -0.3 is 0 Å². The van der Waals surface area contributed by atoms with Gasteiger partial charge in [-0.3, -0.25) is 4.79 Å². The molecule has 0 unspecified atom stereocenters. The molecule has 2 atom stereocenters. The summed E-state index contributed by atoms with van der Waals surface area (Å²) in [5, 5.41) is 0. The van der Waals surface area contributed by atoms with E-state index in [2.05, 4.69) is 32.9 Å². The fourth-order valence-electron chi connectivity index (χ4n) is 3.05. The monoisotopic (exact) mass is 218 g/mol. The summed E-state index contributed by atoms with van der Waals surface area (Å²) in [6, 6.07) is 0. The fourth-order valence-corrected chi connectivity index (χ4v) is 3.05. The smallest absolute Gasteiger partial charge is 0.145 e.